The van der Waals surface area contributed by atoms with E-state index in [-0.39, 0.29) is 5.56 Å². The monoisotopic (exact) mass is 546 g/mol. The molecular weight excluding hydrogens is 509 g/mol. The maximum absolute atomic E-state index is 13.0. The van der Waals surface area contributed by atoms with Gasteiger partial charge < -0.3 is 24.9 Å². The topological polar surface area (TPSA) is 90.4 Å². The summed E-state index contributed by atoms with van der Waals surface area (Å²) < 4.78 is 33.5. The van der Waals surface area contributed by atoms with E-state index in [1.807, 2.05) is 13.2 Å². The van der Waals surface area contributed by atoms with Gasteiger partial charge in [-0.25, -0.2) is 4.79 Å². The van der Waals surface area contributed by atoms with E-state index in [1.165, 1.54) is 41.3 Å². The van der Waals surface area contributed by atoms with Crippen molar-refractivity contribution in [3.63, 3.8) is 0 Å². The predicted octanol–water partition coefficient (Wildman–Crippen LogP) is 5.75. The van der Waals surface area contributed by atoms with Crippen LogP contribution in [0, 0.1) is 0 Å². The number of pyridine rings is 1. The highest BCUT2D eigenvalue weighted by molar-refractivity contribution is 5.92. The lowest BCUT2D eigenvalue weighted by Crippen LogP contribution is -2.35. The quantitative estimate of drug-likeness (QED) is 0.388. The Labute approximate surface area is 226 Å². The summed E-state index contributed by atoms with van der Waals surface area (Å²) in [5, 5.41) is 11.9. The van der Waals surface area contributed by atoms with Crippen LogP contribution >= 0.6 is 0 Å². The molecule has 0 atom stereocenters. The summed E-state index contributed by atoms with van der Waals surface area (Å²) in [7, 11) is 1.88. The summed E-state index contributed by atoms with van der Waals surface area (Å²) in [6, 6.07) is 9.12. The van der Waals surface area contributed by atoms with Crippen LogP contribution < -0.4 is 15.8 Å². The Hall–Kier alpha value is -3.27. The summed E-state index contributed by atoms with van der Waals surface area (Å²) in [5.41, 5.74) is 7.22. The third-order valence-corrected chi connectivity index (χ3v) is 7.64. The third kappa shape index (κ3) is 6.49. The second-order valence-corrected chi connectivity index (χ2v) is 10.8. The molecule has 2 aromatic heterocycles. The van der Waals surface area contributed by atoms with Crippen molar-refractivity contribution in [2.45, 2.75) is 64.0 Å². The van der Waals surface area contributed by atoms with Gasteiger partial charge in [0.1, 0.15) is 5.69 Å². The SMILES string of the molecule is CC(C)c1c(-c2cc(N3CCCCC3)c(=O)n(C)c2)[nH]c2ccc(C3CCNCC3)cc12.O=C(O)C(F)(F)F. The molecule has 212 valence electrons. The first kappa shape index (κ1) is 28.7. The highest BCUT2D eigenvalue weighted by atomic mass is 19.4. The van der Waals surface area contributed by atoms with E-state index in [0.717, 1.165) is 56.0 Å². The number of nitrogens with one attached hydrogen (secondary N) is 2. The second kappa shape index (κ2) is 11.9. The van der Waals surface area contributed by atoms with Gasteiger partial charge in [-0.3, -0.25) is 4.79 Å². The molecule has 3 aromatic rings. The number of carbonyl (C=O) groups is 1. The van der Waals surface area contributed by atoms with Gasteiger partial charge in [-0.1, -0.05) is 19.9 Å². The number of aromatic amines is 1. The molecule has 2 aliphatic rings. The molecule has 0 aliphatic carbocycles. The van der Waals surface area contributed by atoms with Gasteiger partial charge in [0.25, 0.3) is 5.56 Å². The molecule has 2 fully saturated rings. The van der Waals surface area contributed by atoms with Gasteiger partial charge in [0, 0.05) is 42.8 Å². The molecule has 0 bridgehead atoms. The largest absolute Gasteiger partial charge is 0.490 e. The minimum Gasteiger partial charge on any atom is -0.475 e. The molecule has 0 spiro atoms. The van der Waals surface area contributed by atoms with E-state index in [1.54, 1.807) is 4.57 Å². The fourth-order valence-electron chi connectivity index (χ4n) is 5.66. The second-order valence-electron chi connectivity index (χ2n) is 10.8. The van der Waals surface area contributed by atoms with E-state index >= 15 is 0 Å². The van der Waals surface area contributed by atoms with Crippen molar-refractivity contribution in [3.8, 4) is 11.3 Å². The molecule has 0 saturated carbocycles. The zero-order chi connectivity index (χ0) is 28.3. The highest BCUT2D eigenvalue weighted by Crippen LogP contribution is 2.38. The summed E-state index contributed by atoms with van der Waals surface area (Å²) in [6.07, 6.45) is 2.92. The maximum Gasteiger partial charge on any atom is 0.490 e. The molecule has 7 nitrogen and oxygen atoms in total. The minimum absolute atomic E-state index is 0.103. The van der Waals surface area contributed by atoms with E-state index in [9.17, 15) is 18.0 Å². The molecular formula is C29H37F3N4O3. The van der Waals surface area contributed by atoms with Gasteiger partial charge in [-0.05, 0) is 86.4 Å². The van der Waals surface area contributed by atoms with Crippen LogP contribution in [0.1, 0.15) is 68.9 Å². The lowest BCUT2D eigenvalue weighted by molar-refractivity contribution is -0.192. The number of anilines is 1. The number of halogens is 3. The number of H-pyrrole nitrogens is 1. The Bertz CT molecular complexity index is 1360. The normalized spacial score (nSPS) is 16.8. The zero-order valence-corrected chi connectivity index (χ0v) is 22.7. The third-order valence-electron chi connectivity index (χ3n) is 7.64. The van der Waals surface area contributed by atoms with E-state index in [2.05, 4.69) is 53.3 Å². The van der Waals surface area contributed by atoms with E-state index < -0.39 is 12.1 Å². The Morgan fingerprint density at radius 2 is 1.72 bits per heavy atom. The molecule has 2 aliphatic heterocycles. The Morgan fingerprint density at radius 1 is 1.08 bits per heavy atom. The van der Waals surface area contributed by atoms with Gasteiger partial charge in [0.2, 0.25) is 0 Å². The number of benzene rings is 1. The van der Waals surface area contributed by atoms with Gasteiger partial charge in [-0.2, -0.15) is 13.2 Å². The van der Waals surface area contributed by atoms with Crippen LogP contribution in [0.3, 0.4) is 0 Å². The first-order chi connectivity index (χ1) is 18.5. The van der Waals surface area contributed by atoms with Crippen molar-refractivity contribution < 1.29 is 23.1 Å². The fourth-order valence-corrected chi connectivity index (χ4v) is 5.66. The number of nitrogens with zero attached hydrogens (tertiary/aromatic N) is 2. The summed E-state index contributed by atoms with van der Waals surface area (Å²) in [6.45, 7) is 8.71. The number of hydrogen-bond acceptors (Lipinski definition) is 4. The van der Waals surface area contributed by atoms with E-state index in [0.29, 0.717) is 11.8 Å². The minimum atomic E-state index is -5.08. The van der Waals surface area contributed by atoms with Gasteiger partial charge in [0.15, 0.2) is 0 Å². The number of piperidine rings is 2. The molecule has 5 rings (SSSR count). The lowest BCUT2D eigenvalue weighted by atomic mass is 9.88. The van der Waals surface area contributed by atoms with Crippen LogP contribution in [0.25, 0.3) is 22.2 Å². The summed E-state index contributed by atoms with van der Waals surface area (Å²) in [5.74, 6) is -1.73. The number of fused-ring (bicyclic) bond motifs is 1. The summed E-state index contributed by atoms with van der Waals surface area (Å²) >= 11 is 0. The van der Waals surface area contributed by atoms with Crippen LogP contribution in [0.2, 0.25) is 0 Å². The molecule has 2 saturated heterocycles. The molecule has 4 heterocycles. The number of aryl methyl sites for hydroxylation is 1. The first-order valence-corrected chi connectivity index (χ1v) is 13.6. The van der Waals surface area contributed by atoms with Crippen molar-refractivity contribution in [2.75, 3.05) is 31.1 Å². The number of alkyl halides is 3. The van der Waals surface area contributed by atoms with Crippen LogP contribution in [0.4, 0.5) is 18.9 Å². The molecule has 0 amide bonds. The van der Waals surface area contributed by atoms with Crippen LogP contribution in [0.15, 0.2) is 35.3 Å². The smallest absolute Gasteiger partial charge is 0.475 e. The fraction of sp³-hybridized carbons (Fsp3) is 0.517. The van der Waals surface area contributed by atoms with Gasteiger partial charge in [-0.15, -0.1) is 0 Å². The Kier molecular flexibility index (Phi) is 8.73. The predicted molar refractivity (Wildman–Crippen MR) is 148 cm³/mol. The van der Waals surface area contributed by atoms with Crippen LogP contribution in [-0.4, -0.2) is 53.0 Å². The molecule has 10 heteroatoms. The van der Waals surface area contributed by atoms with Crippen LogP contribution in [-0.2, 0) is 11.8 Å². The average molecular weight is 547 g/mol. The summed E-state index contributed by atoms with van der Waals surface area (Å²) in [4.78, 5) is 27.9. The van der Waals surface area contributed by atoms with Crippen molar-refractivity contribution in [2.24, 2.45) is 7.05 Å². The number of hydrogen-bond donors (Lipinski definition) is 3. The number of aromatic nitrogens is 2. The van der Waals surface area contributed by atoms with Gasteiger partial charge >= 0.3 is 12.1 Å². The van der Waals surface area contributed by atoms with E-state index in [4.69, 9.17) is 9.90 Å². The van der Waals surface area contributed by atoms with Crippen molar-refractivity contribution in [3.05, 3.63) is 51.9 Å². The number of rotatable bonds is 4. The zero-order valence-electron chi connectivity index (χ0n) is 22.7. The maximum atomic E-state index is 13.0. The molecule has 0 unspecified atom stereocenters. The first-order valence-electron chi connectivity index (χ1n) is 13.6. The van der Waals surface area contributed by atoms with Gasteiger partial charge in [0.05, 0.1) is 5.69 Å². The Morgan fingerprint density at radius 3 is 2.31 bits per heavy atom. The lowest BCUT2D eigenvalue weighted by Gasteiger charge is -2.28. The van der Waals surface area contributed by atoms with Crippen molar-refractivity contribution >= 4 is 22.6 Å². The Balaban J connectivity index is 0.000000448. The molecule has 39 heavy (non-hydrogen) atoms. The number of carboxylic acid groups (broad SMARTS) is 1. The van der Waals surface area contributed by atoms with Crippen molar-refractivity contribution in [1.82, 2.24) is 14.9 Å². The molecule has 1 aromatic carbocycles. The van der Waals surface area contributed by atoms with Crippen molar-refractivity contribution in [1.29, 1.82) is 0 Å². The number of aliphatic carboxylic acids is 1. The average Bonchev–Trinajstić information content (AvgIpc) is 3.30. The van der Waals surface area contributed by atoms with Crippen LogP contribution in [0.5, 0.6) is 0 Å². The molecule has 0 radical (unpaired) electrons. The highest BCUT2D eigenvalue weighted by Gasteiger charge is 2.38. The molecule has 3 N–H and O–H groups in total. The standard InChI is InChI=1S/C27H36N4O.C2HF3O2/c1-18(2)25-22-15-20(19-9-11-28-12-10-19)7-8-23(22)29-26(25)21-16-24(27(32)30(3)17-21)31-13-5-4-6-14-31;3-2(4,5)1(6)7/h7-8,15-19,28-29H,4-6,9-14H2,1-3H3;(H,6,7). The number of carboxylic acids is 1.